The number of hydrogen-bond acceptors (Lipinski definition) is 2. The summed E-state index contributed by atoms with van der Waals surface area (Å²) in [6, 6.07) is -0.433. The molecule has 0 spiro atoms. The number of amides is 3. The monoisotopic (exact) mass is 197 g/mol. The summed E-state index contributed by atoms with van der Waals surface area (Å²) in [7, 11) is 0. The number of carbonyl (C=O) groups excluding carboxylic acids is 2. The molecule has 78 valence electrons. The quantitative estimate of drug-likeness (QED) is 0.518. The van der Waals surface area contributed by atoms with E-state index in [9.17, 15) is 9.59 Å². The van der Waals surface area contributed by atoms with Crippen LogP contribution in [0, 0.1) is 0 Å². The molecule has 0 unspecified atom stereocenters. The lowest BCUT2D eigenvalue weighted by Gasteiger charge is -2.16. The van der Waals surface area contributed by atoms with E-state index in [2.05, 4.69) is 24.0 Å². The second-order valence-electron chi connectivity index (χ2n) is 2.63. The Hall–Kier alpha value is -1.78. The maximum absolute atomic E-state index is 11.2. The summed E-state index contributed by atoms with van der Waals surface area (Å²) < 4.78 is 0. The molecule has 5 heteroatoms. The van der Waals surface area contributed by atoms with Crippen LogP contribution in [0.5, 0.6) is 0 Å². The van der Waals surface area contributed by atoms with E-state index < -0.39 is 11.9 Å². The van der Waals surface area contributed by atoms with E-state index in [1.54, 1.807) is 13.8 Å². The summed E-state index contributed by atoms with van der Waals surface area (Å²) >= 11 is 0. The third kappa shape index (κ3) is 3.75. The summed E-state index contributed by atoms with van der Waals surface area (Å²) in [5, 5.41) is 0. The van der Waals surface area contributed by atoms with Crippen LogP contribution < -0.4 is 10.9 Å². The summed E-state index contributed by atoms with van der Waals surface area (Å²) in [4.78, 5) is 23.5. The average molecular weight is 197 g/mol. The van der Waals surface area contributed by atoms with Crippen molar-refractivity contribution in [3.8, 4) is 0 Å². The van der Waals surface area contributed by atoms with Crippen LogP contribution in [0.1, 0.15) is 13.8 Å². The zero-order valence-electron chi connectivity index (χ0n) is 8.46. The predicted octanol–water partition coefficient (Wildman–Crippen LogP) is 0.769. The van der Waals surface area contributed by atoms with Gasteiger partial charge in [0.2, 0.25) is 0 Å². The smallest absolute Gasteiger partial charge is 0.301 e. The Bertz CT molecular complexity index is 261. The van der Waals surface area contributed by atoms with Crippen LogP contribution in [0.2, 0.25) is 0 Å². The molecular weight excluding hydrogens is 182 g/mol. The second-order valence-corrected chi connectivity index (χ2v) is 2.63. The first-order chi connectivity index (χ1) is 6.52. The van der Waals surface area contributed by atoms with Crippen molar-refractivity contribution >= 4 is 11.9 Å². The lowest BCUT2D eigenvalue weighted by atomic mass is 10.3. The Morgan fingerprint density at radius 1 is 1.43 bits per heavy atom. The van der Waals surface area contributed by atoms with Gasteiger partial charge in [0.25, 0.3) is 5.91 Å². The summed E-state index contributed by atoms with van der Waals surface area (Å²) in [5.41, 5.74) is 4.75. The Morgan fingerprint density at radius 2 is 2.00 bits per heavy atom. The molecule has 0 rings (SSSR count). The number of carbonyl (C=O) groups is 2. The molecule has 0 aliphatic carbocycles. The largest absolute Gasteiger partial charge is 0.340 e. The zero-order valence-corrected chi connectivity index (χ0v) is 8.46. The molecule has 0 aromatic rings. The van der Waals surface area contributed by atoms with Crippen molar-refractivity contribution in [1.82, 2.24) is 15.8 Å². The van der Waals surface area contributed by atoms with Crippen LogP contribution in [0.25, 0.3) is 0 Å². The fourth-order valence-electron chi connectivity index (χ4n) is 0.644. The van der Waals surface area contributed by atoms with E-state index in [0.717, 1.165) is 0 Å². The molecule has 0 saturated carbocycles. The first-order valence-corrected chi connectivity index (χ1v) is 4.18. The van der Waals surface area contributed by atoms with E-state index in [4.69, 9.17) is 0 Å². The lowest BCUT2D eigenvalue weighted by molar-refractivity contribution is -0.118. The molecule has 0 atom stereocenters. The van der Waals surface area contributed by atoms with Gasteiger partial charge in [-0.25, -0.2) is 10.2 Å². The van der Waals surface area contributed by atoms with Crippen molar-refractivity contribution in [1.29, 1.82) is 0 Å². The molecule has 0 heterocycles. The van der Waals surface area contributed by atoms with Crippen molar-refractivity contribution < 1.29 is 9.59 Å². The van der Waals surface area contributed by atoms with Crippen LogP contribution in [0.15, 0.2) is 24.9 Å². The molecule has 0 aromatic heterocycles. The Morgan fingerprint density at radius 3 is 2.36 bits per heavy atom. The van der Waals surface area contributed by atoms with Crippen molar-refractivity contribution in [3.05, 3.63) is 24.9 Å². The average Bonchev–Trinajstić information content (AvgIpc) is 2.15. The molecule has 0 aliphatic heterocycles. The molecule has 14 heavy (non-hydrogen) atoms. The number of rotatable bonds is 3. The lowest BCUT2D eigenvalue weighted by Crippen LogP contribution is -2.47. The minimum Gasteiger partial charge on any atom is -0.301 e. The SMILES string of the molecule is C=CN(CC)C(=O)NNC(=O)C(=C)C. The van der Waals surface area contributed by atoms with Crippen LogP contribution in [-0.4, -0.2) is 23.4 Å². The van der Waals surface area contributed by atoms with Gasteiger partial charge in [0, 0.05) is 18.3 Å². The van der Waals surface area contributed by atoms with Crippen LogP contribution in [-0.2, 0) is 4.79 Å². The molecule has 5 nitrogen and oxygen atoms in total. The van der Waals surface area contributed by atoms with Crippen LogP contribution >= 0.6 is 0 Å². The molecule has 0 aliphatic rings. The number of nitrogens with zero attached hydrogens (tertiary/aromatic N) is 1. The maximum Gasteiger partial charge on any atom is 0.340 e. The fraction of sp³-hybridized carbons (Fsp3) is 0.333. The summed E-state index contributed by atoms with van der Waals surface area (Å²) in [6.07, 6.45) is 1.38. The standard InChI is InChI=1S/C9H15N3O2/c1-5-12(6-2)9(14)11-10-8(13)7(3)4/h5H,1,3,6H2,2,4H3,(H,10,13)(H,11,14). The van der Waals surface area contributed by atoms with Gasteiger partial charge >= 0.3 is 6.03 Å². The first kappa shape index (κ1) is 12.2. The van der Waals surface area contributed by atoms with Crippen molar-refractivity contribution in [2.45, 2.75) is 13.8 Å². The van der Waals surface area contributed by atoms with Gasteiger partial charge < -0.3 is 4.90 Å². The normalized spacial score (nSPS) is 8.71. The molecule has 0 aromatic carbocycles. The van der Waals surface area contributed by atoms with Gasteiger partial charge in [-0.3, -0.25) is 10.2 Å². The van der Waals surface area contributed by atoms with Gasteiger partial charge in [0.1, 0.15) is 0 Å². The Kier molecular flexibility index (Phi) is 5.06. The van der Waals surface area contributed by atoms with Crippen molar-refractivity contribution in [3.63, 3.8) is 0 Å². The van der Waals surface area contributed by atoms with E-state index in [0.29, 0.717) is 12.1 Å². The third-order valence-electron chi connectivity index (χ3n) is 1.49. The van der Waals surface area contributed by atoms with Crippen molar-refractivity contribution in [2.75, 3.05) is 6.54 Å². The summed E-state index contributed by atoms with van der Waals surface area (Å²) in [6.45, 7) is 10.7. The van der Waals surface area contributed by atoms with Gasteiger partial charge in [0.05, 0.1) is 0 Å². The number of nitrogens with one attached hydrogen (secondary N) is 2. The second kappa shape index (κ2) is 5.80. The minimum atomic E-state index is -0.433. The van der Waals surface area contributed by atoms with Gasteiger partial charge in [-0.2, -0.15) is 0 Å². The van der Waals surface area contributed by atoms with Gasteiger partial charge in [-0.1, -0.05) is 13.2 Å². The zero-order chi connectivity index (χ0) is 11.1. The third-order valence-corrected chi connectivity index (χ3v) is 1.49. The molecule has 0 saturated heterocycles. The highest BCUT2D eigenvalue weighted by Gasteiger charge is 2.08. The van der Waals surface area contributed by atoms with E-state index in [1.807, 2.05) is 0 Å². The van der Waals surface area contributed by atoms with Crippen molar-refractivity contribution in [2.24, 2.45) is 0 Å². The van der Waals surface area contributed by atoms with Gasteiger partial charge in [-0.15, -0.1) is 0 Å². The van der Waals surface area contributed by atoms with E-state index >= 15 is 0 Å². The van der Waals surface area contributed by atoms with E-state index in [-0.39, 0.29) is 0 Å². The number of hydrogen-bond donors (Lipinski definition) is 2. The predicted molar refractivity (Wildman–Crippen MR) is 54.1 cm³/mol. The highest BCUT2D eigenvalue weighted by molar-refractivity contribution is 5.93. The molecular formula is C9H15N3O2. The Labute approximate surface area is 83.4 Å². The molecule has 2 N–H and O–H groups in total. The van der Waals surface area contributed by atoms with Crippen LogP contribution in [0.3, 0.4) is 0 Å². The summed E-state index contributed by atoms with van der Waals surface area (Å²) in [5.74, 6) is -0.418. The topological polar surface area (TPSA) is 61.4 Å². The maximum atomic E-state index is 11.2. The molecule has 3 amide bonds. The number of urea groups is 1. The Balaban J connectivity index is 4.01. The molecule has 0 bridgehead atoms. The fourth-order valence-corrected chi connectivity index (χ4v) is 0.644. The minimum absolute atomic E-state index is 0.326. The highest BCUT2D eigenvalue weighted by Crippen LogP contribution is 1.88. The van der Waals surface area contributed by atoms with Gasteiger partial charge in [-0.05, 0) is 13.8 Å². The van der Waals surface area contributed by atoms with E-state index in [1.165, 1.54) is 11.1 Å². The van der Waals surface area contributed by atoms with Gasteiger partial charge in [0.15, 0.2) is 0 Å². The molecule has 0 fully saturated rings. The molecule has 0 radical (unpaired) electrons. The first-order valence-electron chi connectivity index (χ1n) is 4.18. The number of hydrazine groups is 1. The highest BCUT2D eigenvalue weighted by atomic mass is 16.2. The van der Waals surface area contributed by atoms with Crippen LogP contribution in [0.4, 0.5) is 4.79 Å².